The lowest BCUT2D eigenvalue weighted by Crippen LogP contribution is -2.07. The van der Waals surface area contributed by atoms with Gasteiger partial charge < -0.3 is 15.2 Å². The Balaban J connectivity index is 2.30. The fourth-order valence-corrected chi connectivity index (χ4v) is 1.91. The molecule has 0 saturated heterocycles. The predicted octanol–water partition coefficient (Wildman–Crippen LogP) is 3.06. The smallest absolute Gasteiger partial charge is 0.227 e. The molecule has 0 aliphatic rings. The van der Waals surface area contributed by atoms with Crippen molar-refractivity contribution < 1.29 is 9.84 Å². The van der Waals surface area contributed by atoms with Gasteiger partial charge in [0, 0.05) is 13.0 Å². The first kappa shape index (κ1) is 15.3. The van der Waals surface area contributed by atoms with E-state index in [1.165, 1.54) is 0 Å². The van der Waals surface area contributed by atoms with Crippen LogP contribution in [0.25, 0.3) is 0 Å². The van der Waals surface area contributed by atoms with E-state index in [1.54, 1.807) is 0 Å². The van der Waals surface area contributed by atoms with Gasteiger partial charge in [-0.05, 0) is 31.5 Å². The first-order valence-electron chi connectivity index (χ1n) is 7.17. The van der Waals surface area contributed by atoms with Crippen LogP contribution in [0, 0.1) is 6.92 Å². The zero-order valence-corrected chi connectivity index (χ0v) is 12.7. The first-order chi connectivity index (χ1) is 10.2. The highest BCUT2D eigenvalue weighted by Crippen LogP contribution is 2.27. The van der Waals surface area contributed by atoms with Crippen LogP contribution >= 0.6 is 0 Å². The summed E-state index contributed by atoms with van der Waals surface area (Å²) in [4.78, 5) is 8.92. The normalized spacial score (nSPS) is 10.5. The lowest BCUT2D eigenvalue weighted by Gasteiger charge is -2.13. The third-order valence-electron chi connectivity index (χ3n) is 3.13. The van der Waals surface area contributed by atoms with Gasteiger partial charge in [-0.3, -0.25) is 0 Å². The highest BCUT2D eigenvalue weighted by Gasteiger charge is 2.11. The third-order valence-corrected chi connectivity index (χ3v) is 3.13. The Morgan fingerprint density at radius 2 is 1.86 bits per heavy atom. The van der Waals surface area contributed by atoms with Gasteiger partial charge in [-0.25, -0.2) is 4.98 Å². The van der Waals surface area contributed by atoms with Crippen molar-refractivity contribution in [2.24, 2.45) is 0 Å². The van der Waals surface area contributed by atoms with Gasteiger partial charge in [0.15, 0.2) is 0 Å². The number of hydrogen-bond acceptors (Lipinski definition) is 5. The molecule has 0 radical (unpaired) electrons. The maximum atomic E-state index is 9.06. The second kappa shape index (κ2) is 7.04. The van der Waals surface area contributed by atoms with Crippen molar-refractivity contribution >= 4 is 5.82 Å². The highest BCUT2D eigenvalue weighted by molar-refractivity contribution is 5.49. The number of benzene rings is 1. The molecule has 0 aliphatic carbocycles. The van der Waals surface area contributed by atoms with Gasteiger partial charge in [-0.1, -0.05) is 19.1 Å². The average Bonchev–Trinajstić information content (AvgIpc) is 2.52. The van der Waals surface area contributed by atoms with Gasteiger partial charge in [-0.15, -0.1) is 0 Å². The molecule has 0 spiro atoms. The van der Waals surface area contributed by atoms with Crippen molar-refractivity contribution in [1.29, 1.82) is 0 Å². The summed E-state index contributed by atoms with van der Waals surface area (Å²) >= 11 is 0. The molecule has 1 aromatic heterocycles. The maximum absolute atomic E-state index is 9.06. The zero-order chi connectivity index (χ0) is 15.2. The van der Waals surface area contributed by atoms with Crippen LogP contribution in [0.4, 0.5) is 5.82 Å². The summed E-state index contributed by atoms with van der Waals surface area (Å²) < 4.78 is 5.87. The molecular weight excluding hydrogens is 266 g/mol. The van der Waals surface area contributed by atoms with Gasteiger partial charge in [0.25, 0.3) is 0 Å². The lowest BCUT2D eigenvalue weighted by molar-refractivity contribution is 0.281. The number of ether oxygens (including phenoxy) is 1. The minimum absolute atomic E-state index is 0.0252. The van der Waals surface area contributed by atoms with E-state index in [1.807, 2.05) is 45.0 Å². The molecule has 0 atom stereocenters. The van der Waals surface area contributed by atoms with Crippen molar-refractivity contribution in [2.75, 3.05) is 11.9 Å². The average molecular weight is 287 g/mol. The maximum Gasteiger partial charge on any atom is 0.227 e. The zero-order valence-electron chi connectivity index (χ0n) is 12.7. The van der Waals surface area contributed by atoms with Crippen molar-refractivity contribution in [3.8, 4) is 11.6 Å². The summed E-state index contributed by atoms with van der Waals surface area (Å²) in [5, 5.41) is 12.3. The third kappa shape index (κ3) is 3.70. The Morgan fingerprint density at radius 1 is 1.14 bits per heavy atom. The SMILES string of the molecule is CCNc1nc(CC)nc(Oc2ccc(CO)cc2)c1C. The Hall–Kier alpha value is -2.14. The Bertz CT molecular complexity index is 597. The number of aliphatic hydroxyl groups excluding tert-OH is 1. The van der Waals surface area contributed by atoms with Crippen LogP contribution in [0.1, 0.15) is 30.8 Å². The van der Waals surface area contributed by atoms with Crippen LogP contribution in [-0.2, 0) is 13.0 Å². The van der Waals surface area contributed by atoms with E-state index >= 15 is 0 Å². The summed E-state index contributed by atoms with van der Waals surface area (Å²) in [7, 11) is 0. The van der Waals surface area contributed by atoms with Gasteiger partial charge in [0.05, 0.1) is 12.2 Å². The summed E-state index contributed by atoms with van der Waals surface area (Å²) in [5.41, 5.74) is 1.74. The largest absolute Gasteiger partial charge is 0.439 e. The minimum atomic E-state index is 0.0252. The molecule has 2 aromatic rings. The summed E-state index contributed by atoms with van der Waals surface area (Å²) in [6.07, 6.45) is 0.748. The molecule has 0 saturated carbocycles. The van der Waals surface area contributed by atoms with Crippen LogP contribution in [0.5, 0.6) is 11.6 Å². The molecule has 5 heteroatoms. The number of hydrogen-bond donors (Lipinski definition) is 2. The quantitative estimate of drug-likeness (QED) is 0.854. The Labute approximate surface area is 125 Å². The molecule has 0 fully saturated rings. The number of nitrogens with zero attached hydrogens (tertiary/aromatic N) is 2. The number of nitrogens with one attached hydrogen (secondary N) is 1. The van der Waals surface area contributed by atoms with Crippen LogP contribution in [0.2, 0.25) is 0 Å². The van der Waals surface area contributed by atoms with E-state index in [0.717, 1.165) is 35.7 Å². The Kier molecular flexibility index (Phi) is 5.11. The van der Waals surface area contributed by atoms with Crippen LogP contribution in [0.3, 0.4) is 0 Å². The molecular formula is C16H21N3O2. The van der Waals surface area contributed by atoms with E-state index in [-0.39, 0.29) is 6.61 Å². The first-order valence-corrected chi connectivity index (χ1v) is 7.17. The van der Waals surface area contributed by atoms with Crippen molar-refractivity contribution in [3.05, 3.63) is 41.2 Å². The van der Waals surface area contributed by atoms with E-state index in [2.05, 4.69) is 15.3 Å². The van der Waals surface area contributed by atoms with Crippen LogP contribution in [0.15, 0.2) is 24.3 Å². The van der Waals surface area contributed by atoms with E-state index in [4.69, 9.17) is 9.84 Å². The molecule has 1 heterocycles. The molecule has 0 aliphatic heterocycles. The van der Waals surface area contributed by atoms with Crippen molar-refractivity contribution in [3.63, 3.8) is 0 Å². The number of aromatic nitrogens is 2. The summed E-state index contributed by atoms with van der Waals surface area (Å²) in [6.45, 7) is 6.80. The number of aryl methyl sites for hydroxylation is 1. The van der Waals surface area contributed by atoms with E-state index < -0.39 is 0 Å². The van der Waals surface area contributed by atoms with E-state index in [0.29, 0.717) is 11.6 Å². The molecule has 0 amide bonds. The fraction of sp³-hybridized carbons (Fsp3) is 0.375. The summed E-state index contributed by atoms with van der Waals surface area (Å²) in [5.74, 6) is 2.82. The monoisotopic (exact) mass is 287 g/mol. The summed E-state index contributed by atoms with van der Waals surface area (Å²) in [6, 6.07) is 7.31. The van der Waals surface area contributed by atoms with Gasteiger partial charge in [0.1, 0.15) is 17.4 Å². The predicted molar refractivity (Wildman–Crippen MR) is 82.7 cm³/mol. The number of rotatable bonds is 6. The lowest BCUT2D eigenvalue weighted by atomic mass is 10.2. The molecule has 5 nitrogen and oxygen atoms in total. The second-order valence-corrected chi connectivity index (χ2v) is 4.71. The number of aliphatic hydroxyl groups is 1. The molecule has 112 valence electrons. The molecule has 1 aromatic carbocycles. The van der Waals surface area contributed by atoms with Crippen LogP contribution in [-0.4, -0.2) is 21.6 Å². The topological polar surface area (TPSA) is 67.3 Å². The second-order valence-electron chi connectivity index (χ2n) is 4.71. The van der Waals surface area contributed by atoms with Gasteiger partial charge in [0.2, 0.25) is 5.88 Å². The molecule has 21 heavy (non-hydrogen) atoms. The van der Waals surface area contributed by atoms with Crippen LogP contribution < -0.4 is 10.1 Å². The van der Waals surface area contributed by atoms with Crippen molar-refractivity contribution in [2.45, 2.75) is 33.8 Å². The fourth-order valence-electron chi connectivity index (χ4n) is 1.91. The number of anilines is 1. The highest BCUT2D eigenvalue weighted by atomic mass is 16.5. The van der Waals surface area contributed by atoms with E-state index in [9.17, 15) is 0 Å². The van der Waals surface area contributed by atoms with Gasteiger partial charge >= 0.3 is 0 Å². The molecule has 2 rings (SSSR count). The van der Waals surface area contributed by atoms with Gasteiger partial charge in [-0.2, -0.15) is 4.98 Å². The molecule has 0 unspecified atom stereocenters. The standard InChI is InChI=1S/C16H21N3O2/c1-4-14-18-15(17-5-2)11(3)16(19-14)21-13-8-6-12(10-20)7-9-13/h6-9,20H,4-5,10H2,1-3H3,(H,17,18,19). The molecule has 0 bridgehead atoms. The van der Waals surface area contributed by atoms with Crippen molar-refractivity contribution in [1.82, 2.24) is 9.97 Å². The Morgan fingerprint density at radius 3 is 2.43 bits per heavy atom. The molecule has 2 N–H and O–H groups in total. The minimum Gasteiger partial charge on any atom is -0.439 e.